The molecule has 2 N–H and O–H groups in total. The van der Waals surface area contributed by atoms with Gasteiger partial charge in [0.2, 0.25) is 0 Å². The van der Waals surface area contributed by atoms with Gasteiger partial charge < -0.3 is 20.3 Å². The third kappa shape index (κ3) is 7.60. The molecule has 0 aliphatic carbocycles. The van der Waals surface area contributed by atoms with Crippen molar-refractivity contribution in [2.24, 2.45) is 4.99 Å². The summed E-state index contributed by atoms with van der Waals surface area (Å²) in [7, 11) is -3.19. The Morgan fingerprint density at radius 1 is 1.25 bits per heavy atom. The van der Waals surface area contributed by atoms with Gasteiger partial charge in [-0.3, -0.25) is 4.99 Å². The molecule has 0 bridgehead atoms. The number of aliphatic imine (C=N–C) groups is 1. The SMILES string of the molecule is CCNC(=NCC1(S(C)(=O)=O)CCOCC1)NCCCN1CCCCC1C.I. The Hall–Kier alpha value is -0.130. The fourth-order valence-corrected chi connectivity index (χ4v) is 5.14. The van der Waals surface area contributed by atoms with Crippen molar-refractivity contribution in [2.45, 2.75) is 63.2 Å². The number of halogens is 1. The Morgan fingerprint density at radius 2 is 1.96 bits per heavy atom. The van der Waals surface area contributed by atoms with Crippen LogP contribution in [0.5, 0.6) is 0 Å². The highest BCUT2D eigenvalue weighted by atomic mass is 127. The zero-order valence-corrected chi connectivity index (χ0v) is 20.9. The Labute approximate surface area is 188 Å². The number of nitrogens with zero attached hydrogens (tertiary/aromatic N) is 2. The number of likely N-dealkylation sites (tertiary alicyclic amines) is 1. The Balaban J connectivity index is 0.00000392. The maximum atomic E-state index is 12.4. The zero-order valence-electron chi connectivity index (χ0n) is 17.7. The summed E-state index contributed by atoms with van der Waals surface area (Å²) in [5, 5.41) is 6.61. The van der Waals surface area contributed by atoms with Crippen molar-refractivity contribution in [3.63, 3.8) is 0 Å². The van der Waals surface area contributed by atoms with E-state index in [-0.39, 0.29) is 30.5 Å². The van der Waals surface area contributed by atoms with Crippen LogP contribution < -0.4 is 10.6 Å². The fraction of sp³-hybridized carbons (Fsp3) is 0.947. The summed E-state index contributed by atoms with van der Waals surface area (Å²) in [5.74, 6) is 0.707. The number of guanidine groups is 1. The predicted octanol–water partition coefficient (Wildman–Crippen LogP) is 2.02. The number of ether oxygens (including phenoxy) is 1. The van der Waals surface area contributed by atoms with Crippen molar-refractivity contribution < 1.29 is 13.2 Å². The smallest absolute Gasteiger partial charge is 0.191 e. The van der Waals surface area contributed by atoms with Crippen molar-refractivity contribution in [1.29, 1.82) is 0 Å². The van der Waals surface area contributed by atoms with E-state index in [2.05, 4.69) is 27.4 Å². The molecule has 1 atom stereocenters. The van der Waals surface area contributed by atoms with Gasteiger partial charge in [0.05, 0.1) is 11.3 Å². The van der Waals surface area contributed by atoms with E-state index in [1.54, 1.807) is 0 Å². The second kappa shape index (κ2) is 12.5. The summed E-state index contributed by atoms with van der Waals surface area (Å²) in [5.41, 5.74) is 0. The first-order valence-electron chi connectivity index (χ1n) is 10.4. The largest absolute Gasteiger partial charge is 0.381 e. The average Bonchev–Trinajstić information content (AvgIpc) is 2.64. The number of hydrogen-bond donors (Lipinski definition) is 2. The Bertz CT molecular complexity index is 580. The monoisotopic (exact) mass is 530 g/mol. The van der Waals surface area contributed by atoms with Crippen molar-refractivity contribution >= 4 is 39.8 Å². The first-order chi connectivity index (χ1) is 12.9. The van der Waals surface area contributed by atoms with Crippen LogP contribution in [0.25, 0.3) is 0 Å². The van der Waals surface area contributed by atoms with E-state index in [9.17, 15) is 8.42 Å². The van der Waals surface area contributed by atoms with Gasteiger partial charge in [0.15, 0.2) is 15.8 Å². The van der Waals surface area contributed by atoms with Gasteiger partial charge in [0, 0.05) is 45.1 Å². The molecule has 2 saturated heterocycles. The minimum absolute atomic E-state index is 0. The molecule has 0 spiro atoms. The molecule has 0 saturated carbocycles. The topological polar surface area (TPSA) is 83.0 Å². The molecule has 0 aromatic carbocycles. The van der Waals surface area contributed by atoms with Crippen molar-refractivity contribution in [3.05, 3.63) is 0 Å². The molecule has 0 aromatic heterocycles. The maximum Gasteiger partial charge on any atom is 0.191 e. The molecular formula is C19H39IN4O3S. The second-order valence-corrected chi connectivity index (χ2v) is 10.3. The van der Waals surface area contributed by atoms with Crippen LogP contribution in [0.3, 0.4) is 0 Å². The third-order valence-corrected chi connectivity index (χ3v) is 8.03. The number of sulfone groups is 1. The molecule has 166 valence electrons. The van der Waals surface area contributed by atoms with E-state index in [1.165, 1.54) is 32.1 Å². The molecule has 9 heteroatoms. The molecule has 0 radical (unpaired) electrons. The molecule has 1 unspecified atom stereocenters. The fourth-order valence-electron chi connectivity index (χ4n) is 3.93. The number of rotatable bonds is 8. The van der Waals surface area contributed by atoms with Gasteiger partial charge in [-0.15, -0.1) is 24.0 Å². The number of piperidine rings is 1. The average molecular weight is 531 g/mol. The van der Waals surface area contributed by atoms with Gasteiger partial charge in [-0.05, 0) is 52.5 Å². The van der Waals surface area contributed by atoms with E-state index < -0.39 is 14.6 Å². The molecule has 2 fully saturated rings. The first-order valence-corrected chi connectivity index (χ1v) is 12.3. The van der Waals surface area contributed by atoms with E-state index in [4.69, 9.17) is 4.74 Å². The molecule has 0 aromatic rings. The van der Waals surface area contributed by atoms with E-state index in [0.29, 0.717) is 38.1 Å². The lowest BCUT2D eigenvalue weighted by Gasteiger charge is -2.34. The summed E-state index contributed by atoms with van der Waals surface area (Å²) >= 11 is 0. The van der Waals surface area contributed by atoms with Crippen molar-refractivity contribution in [2.75, 3.05) is 52.2 Å². The van der Waals surface area contributed by atoms with Crippen LogP contribution in [0.2, 0.25) is 0 Å². The van der Waals surface area contributed by atoms with Crippen molar-refractivity contribution in [3.8, 4) is 0 Å². The van der Waals surface area contributed by atoms with Crippen molar-refractivity contribution in [1.82, 2.24) is 15.5 Å². The molecular weight excluding hydrogens is 491 g/mol. The van der Waals surface area contributed by atoms with Crippen LogP contribution in [0.15, 0.2) is 4.99 Å². The molecule has 28 heavy (non-hydrogen) atoms. The lowest BCUT2D eigenvalue weighted by molar-refractivity contribution is 0.0768. The highest BCUT2D eigenvalue weighted by molar-refractivity contribution is 14.0. The van der Waals surface area contributed by atoms with E-state index in [1.807, 2.05) is 6.92 Å². The number of hydrogen-bond acceptors (Lipinski definition) is 5. The Kier molecular flexibility index (Phi) is 11.6. The second-order valence-electron chi connectivity index (χ2n) is 7.92. The van der Waals surface area contributed by atoms with Crippen LogP contribution in [-0.2, 0) is 14.6 Å². The van der Waals surface area contributed by atoms with Crippen LogP contribution in [0.4, 0.5) is 0 Å². The third-order valence-electron chi connectivity index (χ3n) is 5.92. The highest BCUT2D eigenvalue weighted by Gasteiger charge is 2.42. The standard InChI is InChI=1S/C19H38N4O3S.HI/c1-4-20-18(21-11-7-13-23-12-6-5-8-17(23)2)22-16-19(27(3,24)25)9-14-26-15-10-19;/h17H,4-16H2,1-3H3,(H2,20,21,22);1H. The van der Waals surface area contributed by atoms with Gasteiger partial charge in [0.25, 0.3) is 0 Å². The quantitative estimate of drug-likeness (QED) is 0.216. The first kappa shape index (κ1) is 25.9. The van der Waals surface area contributed by atoms with Gasteiger partial charge in [-0.25, -0.2) is 8.42 Å². The molecule has 2 heterocycles. The lowest BCUT2D eigenvalue weighted by atomic mass is 9.99. The van der Waals surface area contributed by atoms with Crippen LogP contribution in [0, 0.1) is 0 Å². The minimum atomic E-state index is -3.19. The summed E-state index contributed by atoms with van der Waals surface area (Å²) in [6, 6.07) is 0.684. The van der Waals surface area contributed by atoms with Crippen LogP contribution >= 0.6 is 24.0 Å². The zero-order chi connectivity index (χ0) is 19.8. The van der Waals surface area contributed by atoms with Gasteiger partial charge in [0.1, 0.15) is 0 Å². The predicted molar refractivity (Wildman–Crippen MR) is 127 cm³/mol. The van der Waals surface area contributed by atoms with Gasteiger partial charge in [-0.2, -0.15) is 0 Å². The number of nitrogens with one attached hydrogen (secondary N) is 2. The lowest BCUT2D eigenvalue weighted by Crippen LogP contribution is -2.47. The van der Waals surface area contributed by atoms with Crippen LogP contribution in [-0.4, -0.2) is 82.3 Å². The maximum absolute atomic E-state index is 12.4. The molecule has 2 rings (SSSR count). The molecule has 2 aliphatic rings. The Morgan fingerprint density at radius 3 is 2.57 bits per heavy atom. The summed E-state index contributed by atoms with van der Waals surface area (Å²) in [4.78, 5) is 7.19. The molecule has 0 amide bonds. The summed E-state index contributed by atoms with van der Waals surface area (Å²) < 4.78 is 29.3. The van der Waals surface area contributed by atoms with Gasteiger partial charge in [-0.1, -0.05) is 6.42 Å². The molecule has 7 nitrogen and oxygen atoms in total. The summed E-state index contributed by atoms with van der Waals surface area (Å²) in [6.07, 6.45) is 7.37. The van der Waals surface area contributed by atoms with Crippen LogP contribution in [0.1, 0.15) is 52.4 Å². The summed E-state index contributed by atoms with van der Waals surface area (Å²) in [6.45, 7) is 9.49. The van der Waals surface area contributed by atoms with Gasteiger partial charge >= 0.3 is 0 Å². The van der Waals surface area contributed by atoms with E-state index >= 15 is 0 Å². The minimum Gasteiger partial charge on any atom is -0.381 e. The normalized spacial score (nSPS) is 23.7. The molecule has 2 aliphatic heterocycles. The highest BCUT2D eigenvalue weighted by Crippen LogP contribution is 2.29. The van der Waals surface area contributed by atoms with E-state index in [0.717, 1.165) is 26.1 Å².